The van der Waals surface area contributed by atoms with Gasteiger partial charge in [0, 0.05) is 28.7 Å². The highest BCUT2D eigenvalue weighted by Crippen LogP contribution is 2.47. The smallest absolute Gasteiger partial charge is 0.153 e. The van der Waals surface area contributed by atoms with Crippen molar-refractivity contribution in [3.05, 3.63) is 38.9 Å². The molecule has 22 heavy (non-hydrogen) atoms. The van der Waals surface area contributed by atoms with Gasteiger partial charge in [0.15, 0.2) is 5.76 Å². The Hall–Kier alpha value is -1.17. The number of nitrogens with one attached hydrogen (secondary N) is 1. The van der Waals surface area contributed by atoms with Gasteiger partial charge in [0.25, 0.3) is 0 Å². The van der Waals surface area contributed by atoms with E-state index in [2.05, 4.69) is 23.5 Å². The molecule has 1 spiro atoms. The molecule has 1 saturated heterocycles. The van der Waals surface area contributed by atoms with Crippen molar-refractivity contribution in [1.29, 1.82) is 0 Å². The van der Waals surface area contributed by atoms with Crippen LogP contribution in [0.3, 0.4) is 0 Å². The SMILES string of the molecule is CCc1cc2c(s1)CCOC21CCNC(c2cc(C)no2)C1. The third-order valence-corrected chi connectivity index (χ3v) is 6.19. The minimum absolute atomic E-state index is 0.145. The van der Waals surface area contributed by atoms with Gasteiger partial charge in [-0.2, -0.15) is 0 Å². The van der Waals surface area contributed by atoms with Gasteiger partial charge in [0.2, 0.25) is 0 Å². The number of fused-ring (bicyclic) bond motifs is 2. The molecule has 2 aliphatic heterocycles. The Labute approximate surface area is 134 Å². The average Bonchev–Trinajstić information content (AvgIpc) is 3.14. The lowest BCUT2D eigenvalue weighted by Crippen LogP contribution is -2.45. The van der Waals surface area contributed by atoms with E-state index in [1.54, 1.807) is 0 Å². The first-order chi connectivity index (χ1) is 10.7. The number of hydrogen-bond donors (Lipinski definition) is 1. The van der Waals surface area contributed by atoms with Crippen LogP contribution in [0.5, 0.6) is 0 Å². The fourth-order valence-corrected chi connectivity index (χ4v) is 4.90. The molecule has 118 valence electrons. The van der Waals surface area contributed by atoms with Gasteiger partial charge in [0.1, 0.15) is 0 Å². The standard InChI is InChI=1S/C17H22N2O2S/c1-3-12-9-13-16(22-12)4-7-20-17(13)5-6-18-14(10-17)15-8-11(2)19-21-15/h8-9,14,18H,3-7,10H2,1-2H3. The second-order valence-corrected chi connectivity index (χ2v) is 7.55. The highest BCUT2D eigenvalue weighted by atomic mass is 32.1. The Morgan fingerprint density at radius 2 is 2.36 bits per heavy atom. The van der Waals surface area contributed by atoms with Crippen molar-refractivity contribution in [2.75, 3.05) is 13.2 Å². The molecule has 0 amide bonds. The quantitative estimate of drug-likeness (QED) is 0.920. The molecule has 0 bridgehead atoms. The summed E-state index contributed by atoms with van der Waals surface area (Å²) < 4.78 is 11.8. The average molecular weight is 318 g/mol. The summed E-state index contributed by atoms with van der Waals surface area (Å²) in [6, 6.07) is 4.60. The predicted molar refractivity (Wildman–Crippen MR) is 86.2 cm³/mol. The molecule has 1 fully saturated rings. The van der Waals surface area contributed by atoms with Crippen molar-refractivity contribution < 1.29 is 9.26 Å². The number of aryl methyl sites for hydroxylation is 2. The summed E-state index contributed by atoms with van der Waals surface area (Å²) >= 11 is 1.97. The number of piperidine rings is 1. The fourth-order valence-electron chi connectivity index (χ4n) is 3.72. The molecule has 1 N–H and O–H groups in total. The molecule has 4 heterocycles. The number of thiophene rings is 1. The minimum atomic E-state index is -0.145. The molecule has 2 unspecified atom stereocenters. The third kappa shape index (κ3) is 2.32. The van der Waals surface area contributed by atoms with Crippen LogP contribution < -0.4 is 5.32 Å². The molecule has 2 aromatic heterocycles. The fraction of sp³-hybridized carbons (Fsp3) is 0.588. The maximum absolute atomic E-state index is 6.35. The van der Waals surface area contributed by atoms with E-state index in [9.17, 15) is 0 Å². The lowest BCUT2D eigenvalue weighted by Gasteiger charge is -2.43. The molecule has 2 atom stereocenters. The second-order valence-electron chi connectivity index (χ2n) is 6.33. The van der Waals surface area contributed by atoms with Crippen LogP contribution in [-0.2, 0) is 23.2 Å². The van der Waals surface area contributed by atoms with Gasteiger partial charge in [-0.05, 0) is 37.9 Å². The van der Waals surface area contributed by atoms with E-state index >= 15 is 0 Å². The zero-order valence-electron chi connectivity index (χ0n) is 13.1. The van der Waals surface area contributed by atoms with Gasteiger partial charge >= 0.3 is 0 Å². The van der Waals surface area contributed by atoms with Crippen LogP contribution in [0, 0.1) is 6.92 Å². The maximum Gasteiger partial charge on any atom is 0.153 e. The summed E-state index contributed by atoms with van der Waals surface area (Å²) in [7, 11) is 0. The van der Waals surface area contributed by atoms with Crippen molar-refractivity contribution in [3.8, 4) is 0 Å². The highest BCUT2D eigenvalue weighted by Gasteiger charge is 2.44. The maximum atomic E-state index is 6.35. The summed E-state index contributed by atoms with van der Waals surface area (Å²) in [6.45, 7) is 5.97. The summed E-state index contributed by atoms with van der Waals surface area (Å²) in [4.78, 5) is 3.00. The molecule has 4 rings (SSSR count). The molecule has 0 saturated carbocycles. The van der Waals surface area contributed by atoms with Crippen LogP contribution in [0.4, 0.5) is 0 Å². The number of nitrogens with zero attached hydrogens (tertiary/aromatic N) is 1. The number of rotatable bonds is 2. The lowest BCUT2D eigenvalue weighted by atomic mass is 9.79. The van der Waals surface area contributed by atoms with Gasteiger partial charge < -0.3 is 14.6 Å². The lowest BCUT2D eigenvalue weighted by molar-refractivity contribution is -0.0907. The highest BCUT2D eigenvalue weighted by molar-refractivity contribution is 7.12. The Bertz CT molecular complexity index is 678. The van der Waals surface area contributed by atoms with E-state index in [4.69, 9.17) is 9.26 Å². The largest absolute Gasteiger partial charge is 0.370 e. The van der Waals surface area contributed by atoms with E-state index in [-0.39, 0.29) is 11.6 Å². The predicted octanol–water partition coefficient (Wildman–Crippen LogP) is 3.50. The summed E-state index contributed by atoms with van der Waals surface area (Å²) in [6.07, 6.45) is 4.12. The molecule has 0 radical (unpaired) electrons. The molecule has 0 aromatic carbocycles. The molecular weight excluding hydrogens is 296 g/mol. The zero-order valence-corrected chi connectivity index (χ0v) is 14.0. The van der Waals surface area contributed by atoms with Crippen molar-refractivity contribution in [3.63, 3.8) is 0 Å². The van der Waals surface area contributed by atoms with E-state index < -0.39 is 0 Å². The zero-order chi connectivity index (χ0) is 15.2. The van der Waals surface area contributed by atoms with E-state index in [0.717, 1.165) is 50.3 Å². The van der Waals surface area contributed by atoms with E-state index in [0.29, 0.717) is 0 Å². The molecule has 5 heteroatoms. The Balaban J connectivity index is 1.68. The Morgan fingerprint density at radius 1 is 1.45 bits per heavy atom. The second kappa shape index (κ2) is 5.48. The first kappa shape index (κ1) is 14.4. The van der Waals surface area contributed by atoms with Crippen molar-refractivity contribution in [2.45, 2.75) is 51.2 Å². The Kier molecular flexibility index (Phi) is 3.59. The molecule has 0 aliphatic carbocycles. The van der Waals surface area contributed by atoms with Crippen LogP contribution >= 0.6 is 11.3 Å². The van der Waals surface area contributed by atoms with E-state index in [1.165, 1.54) is 15.3 Å². The summed E-state index contributed by atoms with van der Waals surface area (Å²) in [5.41, 5.74) is 2.22. The topological polar surface area (TPSA) is 47.3 Å². The monoisotopic (exact) mass is 318 g/mol. The molecular formula is C17H22N2O2S. The van der Waals surface area contributed by atoms with Crippen LogP contribution in [0.15, 0.2) is 16.7 Å². The van der Waals surface area contributed by atoms with Crippen LogP contribution in [0.2, 0.25) is 0 Å². The van der Waals surface area contributed by atoms with Crippen molar-refractivity contribution in [2.24, 2.45) is 0 Å². The van der Waals surface area contributed by atoms with Gasteiger partial charge in [-0.1, -0.05) is 12.1 Å². The van der Waals surface area contributed by atoms with Gasteiger partial charge in [0.05, 0.1) is 23.9 Å². The van der Waals surface area contributed by atoms with Crippen LogP contribution in [0.25, 0.3) is 0 Å². The molecule has 2 aromatic rings. The van der Waals surface area contributed by atoms with Crippen LogP contribution in [-0.4, -0.2) is 18.3 Å². The first-order valence-electron chi connectivity index (χ1n) is 8.13. The minimum Gasteiger partial charge on any atom is -0.370 e. The summed E-state index contributed by atoms with van der Waals surface area (Å²) in [5, 5.41) is 7.59. The number of ether oxygens (including phenoxy) is 1. The van der Waals surface area contributed by atoms with Gasteiger partial charge in [-0.15, -0.1) is 11.3 Å². The number of aromatic nitrogens is 1. The first-order valence-corrected chi connectivity index (χ1v) is 8.94. The summed E-state index contributed by atoms with van der Waals surface area (Å²) in [5.74, 6) is 0.929. The van der Waals surface area contributed by atoms with Crippen molar-refractivity contribution in [1.82, 2.24) is 10.5 Å². The van der Waals surface area contributed by atoms with Crippen molar-refractivity contribution >= 4 is 11.3 Å². The Morgan fingerprint density at radius 3 is 3.14 bits per heavy atom. The van der Waals surface area contributed by atoms with Crippen LogP contribution in [0.1, 0.15) is 52.6 Å². The third-order valence-electron chi connectivity index (χ3n) is 4.85. The molecule has 4 nitrogen and oxygen atoms in total. The number of hydrogen-bond acceptors (Lipinski definition) is 5. The van der Waals surface area contributed by atoms with Gasteiger partial charge in [-0.25, -0.2) is 0 Å². The molecule has 2 aliphatic rings. The normalized spacial score (nSPS) is 28.0. The van der Waals surface area contributed by atoms with E-state index in [1.807, 2.05) is 24.3 Å². The van der Waals surface area contributed by atoms with Gasteiger partial charge in [-0.3, -0.25) is 0 Å².